The van der Waals surface area contributed by atoms with E-state index < -0.39 is 0 Å². The molecule has 1 saturated carbocycles. The van der Waals surface area contributed by atoms with Crippen molar-refractivity contribution >= 4 is 15.9 Å². The molecule has 17 heavy (non-hydrogen) atoms. The third-order valence-corrected chi connectivity index (χ3v) is 4.19. The van der Waals surface area contributed by atoms with Crippen LogP contribution < -0.4 is 10.5 Å². The van der Waals surface area contributed by atoms with Crippen LogP contribution in [0.2, 0.25) is 0 Å². The van der Waals surface area contributed by atoms with Crippen LogP contribution in [0.5, 0.6) is 5.75 Å². The van der Waals surface area contributed by atoms with Gasteiger partial charge in [-0.2, -0.15) is 0 Å². The molecule has 0 aliphatic heterocycles. The Morgan fingerprint density at radius 1 is 1.24 bits per heavy atom. The average molecular weight is 298 g/mol. The standard InChI is InChI=1S/C14H20BrNO/c15-14-8-13(7-6-12(14)9-16)17-10-11-4-2-1-3-5-11/h6-8,11H,1-5,9-10,16H2. The summed E-state index contributed by atoms with van der Waals surface area (Å²) in [4.78, 5) is 0. The minimum absolute atomic E-state index is 0.559. The Morgan fingerprint density at radius 3 is 2.65 bits per heavy atom. The smallest absolute Gasteiger partial charge is 0.120 e. The van der Waals surface area contributed by atoms with Gasteiger partial charge in [0.1, 0.15) is 5.75 Å². The summed E-state index contributed by atoms with van der Waals surface area (Å²) < 4.78 is 6.90. The normalized spacial score (nSPS) is 17.1. The highest BCUT2D eigenvalue weighted by molar-refractivity contribution is 9.10. The zero-order valence-electron chi connectivity index (χ0n) is 10.1. The molecule has 0 bridgehead atoms. The summed E-state index contributed by atoms with van der Waals surface area (Å²) in [5, 5.41) is 0. The van der Waals surface area contributed by atoms with Crippen molar-refractivity contribution in [2.45, 2.75) is 38.6 Å². The van der Waals surface area contributed by atoms with Gasteiger partial charge in [0.15, 0.2) is 0 Å². The number of nitrogens with two attached hydrogens (primary N) is 1. The maximum Gasteiger partial charge on any atom is 0.120 e. The maximum absolute atomic E-state index is 5.85. The highest BCUT2D eigenvalue weighted by atomic mass is 79.9. The molecular formula is C14H20BrNO. The van der Waals surface area contributed by atoms with E-state index in [1.54, 1.807) is 0 Å². The largest absolute Gasteiger partial charge is 0.493 e. The fraction of sp³-hybridized carbons (Fsp3) is 0.571. The molecule has 2 N–H and O–H groups in total. The van der Waals surface area contributed by atoms with Gasteiger partial charge < -0.3 is 10.5 Å². The summed E-state index contributed by atoms with van der Waals surface area (Å²) in [7, 11) is 0. The number of ether oxygens (including phenoxy) is 1. The lowest BCUT2D eigenvalue weighted by molar-refractivity contribution is 0.208. The van der Waals surface area contributed by atoms with E-state index in [-0.39, 0.29) is 0 Å². The Morgan fingerprint density at radius 2 is 2.00 bits per heavy atom. The lowest BCUT2D eigenvalue weighted by Crippen LogP contribution is -2.15. The maximum atomic E-state index is 5.85. The van der Waals surface area contributed by atoms with E-state index in [1.807, 2.05) is 18.2 Å². The molecule has 0 spiro atoms. The zero-order valence-corrected chi connectivity index (χ0v) is 11.7. The van der Waals surface area contributed by atoms with E-state index in [1.165, 1.54) is 32.1 Å². The number of rotatable bonds is 4. The van der Waals surface area contributed by atoms with Crippen molar-refractivity contribution in [3.05, 3.63) is 28.2 Å². The van der Waals surface area contributed by atoms with Crippen LogP contribution in [0.3, 0.4) is 0 Å². The van der Waals surface area contributed by atoms with Crippen molar-refractivity contribution in [2.24, 2.45) is 11.7 Å². The predicted octanol–water partition coefficient (Wildman–Crippen LogP) is 3.87. The summed E-state index contributed by atoms with van der Waals surface area (Å²) in [5.74, 6) is 1.69. The van der Waals surface area contributed by atoms with Crippen molar-refractivity contribution < 1.29 is 4.74 Å². The molecule has 0 radical (unpaired) electrons. The quantitative estimate of drug-likeness (QED) is 0.916. The second-order valence-corrected chi connectivity index (χ2v) is 5.63. The van der Waals surface area contributed by atoms with Crippen LogP contribution in [0.25, 0.3) is 0 Å². The molecule has 94 valence electrons. The van der Waals surface area contributed by atoms with Crippen molar-refractivity contribution in [1.29, 1.82) is 0 Å². The molecule has 0 amide bonds. The van der Waals surface area contributed by atoms with Gasteiger partial charge in [0, 0.05) is 11.0 Å². The van der Waals surface area contributed by atoms with E-state index in [0.717, 1.165) is 28.3 Å². The third kappa shape index (κ3) is 3.71. The molecule has 1 fully saturated rings. The van der Waals surface area contributed by atoms with Gasteiger partial charge in [-0.3, -0.25) is 0 Å². The average Bonchev–Trinajstić information content (AvgIpc) is 2.38. The molecule has 0 unspecified atom stereocenters. The molecular weight excluding hydrogens is 278 g/mol. The van der Waals surface area contributed by atoms with Crippen LogP contribution in [0.15, 0.2) is 22.7 Å². The molecule has 1 aromatic rings. The van der Waals surface area contributed by atoms with Gasteiger partial charge in [-0.05, 0) is 36.5 Å². The Kier molecular flexibility index (Phi) is 4.86. The van der Waals surface area contributed by atoms with Crippen LogP contribution in [0.1, 0.15) is 37.7 Å². The summed E-state index contributed by atoms with van der Waals surface area (Å²) >= 11 is 3.51. The Bertz CT molecular complexity index is 361. The Labute approximate surface area is 112 Å². The molecule has 0 aromatic heterocycles. The first-order valence-corrected chi connectivity index (χ1v) is 7.20. The Hall–Kier alpha value is -0.540. The molecule has 1 aliphatic carbocycles. The topological polar surface area (TPSA) is 35.2 Å². The first-order valence-electron chi connectivity index (χ1n) is 6.41. The van der Waals surface area contributed by atoms with Crippen LogP contribution in [-0.2, 0) is 6.54 Å². The lowest BCUT2D eigenvalue weighted by atomic mass is 9.90. The highest BCUT2D eigenvalue weighted by Gasteiger charge is 2.14. The zero-order chi connectivity index (χ0) is 12.1. The summed E-state index contributed by atoms with van der Waals surface area (Å²) in [6, 6.07) is 6.06. The number of hydrogen-bond donors (Lipinski definition) is 1. The van der Waals surface area contributed by atoms with Crippen molar-refractivity contribution in [3.8, 4) is 5.75 Å². The van der Waals surface area contributed by atoms with Gasteiger partial charge in [0.05, 0.1) is 6.61 Å². The number of benzene rings is 1. The third-order valence-electron chi connectivity index (χ3n) is 3.45. The van der Waals surface area contributed by atoms with Crippen molar-refractivity contribution in [3.63, 3.8) is 0 Å². The monoisotopic (exact) mass is 297 g/mol. The van der Waals surface area contributed by atoms with Gasteiger partial charge >= 0.3 is 0 Å². The molecule has 3 heteroatoms. The van der Waals surface area contributed by atoms with Crippen molar-refractivity contribution in [1.82, 2.24) is 0 Å². The van der Waals surface area contributed by atoms with Crippen LogP contribution >= 0.6 is 15.9 Å². The second-order valence-electron chi connectivity index (χ2n) is 4.77. The lowest BCUT2D eigenvalue weighted by Gasteiger charge is -2.21. The molecule has 2 rings (SSSR count). The molecule has 0 heterocycles. The van der Waals surface area contributed by atoms with Crippen LogP contribution in [0, 0.1) is 5.92 Å². The SMILES string of the molecule is NCc1ccc(OCC2CCCCC2)cc1Br. The number of hydrogen-bond acceptors (Lipinski definition) is 2. The molecule has 2 nitrogen and oxygen atoms in total. The molecule has 1 aromatic carbocycles. The van der Waals surface area contributed by atoms with Gasteiger partial charge in [0.2, 0.25) is 0 Å². The highest BCUT2D eigenvalue weighted by Crippen LogP contribution is 2.26. The van der Waals surface area contributed by atoms with Gasteiger partial charge in [-0.25, -0.2) is 0 Å². The predicted molar refractivity (Wildman–Crippen MR) is 74.1 cm³/mol. The summed E-state index contributed by atoms with van der Waals surface area (Å²) in [5.41, 5.74) is 6.74. The van der Waals surface area contributed by atoms with E-state index in [4.69, 9.17) is 10.5 Å². The van der Waals surface area contributed by atoms with Crippen molar-refractivity contribution in [2.75, 3.05) is 6.61 Å². The summed E-state index contributed by atoms with van der Waals surface area (Å²) in [6.45, 7) is 1.41. The molecule has 0 saturated heterocycles. The van der Waals surface area contributed by atoms with E-state index in [2.05, 4.69) is 15.9 Å². The fourth-order valence-electron chi connectivity index (χ4n) is 2.35. The van der Waals surface area contributed by atoms with E-state index in [9.17, 15) is 0 Å². The Balaban J connectivity index is 1.87. The second kappa shape index (κ2) is 6.41. The molecule has 1 aliphatic rings. The van der Waals surface area contributed by atoms with Gasteiger partial charge in [-0.15, -0.1) is 0 Å². The first-order chi connectivity index (χ1) is 8.29. The van der Waals surface area contributed by atoms with E-state index >= 15 is 0 Å². The number of halogens is 1. The van der Waals surface area contributed by atoms with Crippen LogP contribution in [-0.4, -0.2) is 6.61 Å². The van der Waals surface area contributed by atoms with Gasteiger partial charge in [0.25, 0.3) is 0 Å². The minimum Gasteiger partial charge on any atom is -0.493 e. The van der Waals surface area contributed by atoms with E-state index in [0.29, 0.717) is 6.54 Å². The first kappa shape index (κ1) is 12.9. The van der Waals surface area contributed by atoms with Gasteiger partial charge in [-0.1, -0.05) is 41.3 Å². The van der Waals surface area contributed by atoms with Crippen LogP contribution in [0.4, 0.5) is 0 Å². The molecule has 0 atom stereocenters. The summed E-state index contributed by atoms with van der Waals surface area (Å²) in [6.07, 6.45) is 6.77. The fourth-order valence-corrected chi connectivity index (χ4v) is 2.87. The minimum atomic E-state index is 0.559.